The molecule has 0 radical (unpaired) electrons. The van der Waals surface area contributed by atoms with E-state index in [0.717, 1.165) is 11.3 Å². The molecule has 11 heteroatoms. The molecule has 1 aromatic heterocycles. The molecule has 0 aliphatic carbocycles. The lowest BCUT2D eigenvalue weighted by Crippen LogP contribution is -2.30. The summed E-state index contributed by atoms with van der Waals surface area (Å²) in [5.74, 6) is -1.73. The zero-order chi connectivity index (χ0) is 27.0. The van der Waals surface area contributed by atoms with Crippen LogP contribution in [0.5, 0.6) is 0 Å². The lowest BCUT2D eigenvalue weighted by molar-refractivity contribution is 0.0607. The van der Waals surface area contributed by atoms with Crippen LogP contribution in [0.25, 0.3) is 0 Å². The summed E-state index contributed by atoms with van der Waals surface area (Å²) >= 11 is 7.26. The van der Waals surface area contributed by atoms with Gasteiger partial charge in [0.25, 0.3) is 11.8 Å². The van der Waals surface area contributed by atoms with E-state index in [1.165, 1.54) is 42.3 Å². The van der Waals surface area contributed by atoms with Crippen molar-refractivity contribution in [1.29, 1.82) is 0 Å². The Labute approximate surface area is 227 Å². The topological polar surface area (TPSA) is 110 Å². The number of rotatable bonds is 5. The number of ether oxygens (including phenoxy) is 1. The molecule has 0 atom stereocenters. The van der Waals surface area contributed by atoms with Crippen molar-refractivity contribution in [2.24, 2.45) is 0 Å². The Bertz CT molecular complexity index is 1710. The van der Waals surface area contributed by atoms with Gasteiger partial charge in [-0.1, -0.05) is 35.9 Å². The number of benzene rings is 3. The Balaban J connectivity index is 1.62. The molecule has 4 aromatic rings. The number of anilines is 2. The fraction of sp³-hybridized carbons (Fsp3) is 0.0741. The van der Waals surface area contributed by atoms with Gasteiger partial charge in [-0.25, -0.2) is 13.2 Å². The standard InChI is InChI=1S/C27H19ClN2O6S2/c1-36-27(33)24-20(11-12-37-24)29-25(31)17-9-10-23-21(14-17)30(15-16-5-4-6-18(28)13-16)26(32)19-7-2-3-8-22(19)38(23,34)35/h2-14H,15H2,1H3,(H,29,31). The van der Waals surface area contributed by atoms with Crippen molar-refractivity contribution in [3.63, 3.8) is 0 Å². The van der Waals surface area contributed by atoms with Gasteiger partial charge in [0.15, 0.2) is 0 Å². The van der Waals surface area contributed by atoms with Gasteiger partial charge < -0.3 is 15.0 Å². The zero-order valence-electron chi connectivity index (χ0n) is 19.8. The highest BCUT2D eigenvalue weighted by Crippen LogP contribution is 2.38. The van der Waals surface area contributed by atoms with Crippen molar-refractivity contribution in [3.8, 4) is 0 Å². The van der Waals surface area contributed by atoms with Crippen LogP contribution in [0, 0.1) is 0 Å². The molecule has 0 saturated carbocycles. The van der Waals surface area contributed by atoms with Crippen LogP contribution in [0.15, 0.2) is 88.0 Å². The van der Waals surface area contributed by atoms with E-state index in [1.807, 2.05) is 0 Å². The van der Waals surface area contributed by atoms with Crippen molar-refractivity contribution in [2.75, 3.05) is 17.3 Å². The molecule has 1 N–H and O–H groups in total. The van der Waals surface area contributed by atoms with Gasteiger partial charge in [0.05, 0.1) is 40.4 Å². The summed E-state index contributed by atoms with van der Waals surface area (Å²) in [6, 6.07) is 18.5. The summed E-state index contributed by atoms with van der Waals surface area (Å²) in [5, 5.41) is 4.76. The van der Waals surface area contributed by atoms with Gasteiger partial charge in [-0.15, -0.1) is 11.3 Å². The molecule has 3 aromatic carbocycles. The maximum Gasteiger partial charge on any atom is 0.350 e. The first kappa shape index (κ1) is 25.7. The van der Waals surface area contributed by atoms with E-state index in [0.29, 0.717) is 10.6 Å². The number of fused-ring (bicyclic) bond motifs is 2. The fourth-order valence-electron chi connectivity index (χ4n) is 4.18. The number of amides is 2. The van der Waals surface area contributed by atoms with Crippen molar-refractivity contribution < 1.29 is 27.5 Å². The van der Waals surface area contributed by atoms with Crippen LogP contribution in [0.4, 0.5) is 11.4 Å². The molecule has 0 unspecified atom stereocenters. The Kier molecular flexibility index (Phi) is 6.78. The normalized spacial score (nSPS) is 13.7. The van der Waals surface area contributed by atoms with Gasteiger partial charge in [-0.3, -0.25) is 9.59 Å². The minimum Gasteiger partial charge on any atom is -0.465 e. The Morgan fingerprint density at radius 3 is 2.55 bits per heavy atom. The first-order valence-electron chi connectivity index (χ1n) is 11.2. The highest BCUT2D eigenvalue weighted by Gasteiger charge is 2.36. The van der Waals surface area contributed by atoms with Crippen molar-refractivity contribution in [3.05, 3.63) is 105 Å². The van der Waals surface area contributed by atoms with Crippen molar-refractivity contribution >= 4 is 61.9 Å². The summed E-state index contributed by atoms with van der Waals surface area (Å²) in [6.07, 6.45) is 0. The van der Waals surface area contributed by atoms with Crippen LogP contribution < -0.4 is 10.2 Å². The minimum absolute atomic E-state index is 0.0122. The molecule has 1 aliphatic heterocycles. The second-order valence-electron chi connectivity index (χ2n) is 8.31. The monoisotopic (exact) mass is 566 g/mol. The largest absolute Gasteiger partial charge is 0.465 e. The van der Waals surface area contributed by atoms with E-state index in [2.05, 4.69) is 5.32 Å². The number of sulfone groups is 1. The summed E-state index contributed by atoms with van der Waals surface area (Å²) < 4.78 is 32.1. The number of hydrogen-bond donors (Lipinski definition) is 1. The van der Waals surface area contributed by atoms with Crippen molar-refractivity contribution in [1.82, 2.24) is 0 Å². The first-order valence-corrected chi connectivity index (χ1v) is 14.0. The van der Waals surface area contributed by atoms with E-state index in [1.54, 1.807) is 47.8 Å². The molecule has 0 fully saturated rings. The van der Waals surface area contributed by atoms with Crippen LogP contribution >= 0.6 is 22.9 Å². The van der Waals surface area contributed by atoms with E-state index in [9.17, 15) is 22.8 Å². The SMILES string of the molecule is COC(=O)c1sccc1NC(=O)c1ccc2c(c1)N(Cc1cccc(Cl)c1)C(=O)c1ccccc1S2(=O)=O. The second kappa shape index (κ2) is 10.1. The predicted octanol–water partition coefficient (Wildman–Crippen LogP) is 5.43. The van der Waals surface area contributed by atoms with Gasteiger partial charge in [0.2, 0.25) is 9.84 Å². The highest BCUT2D eigenvalue weighted by atomic mass is 35.5. The van der Waals surface area contributed by atoms with E-state index < -0.39 is 27.6 Å². The maximum atomic E-state index is 13.7. The minimum atomic E-state index is -4.10. The summed E-state index contributed by atoms with van der Waals surface area (Å²) in [5.41, 5.74) is 1.10. The van der Waals surface area contributed by atoms with Gasteiger partial charge in [0, 0.05) is 10.6 Å². The Morgan fingerprint density at radius 2 is 1.79 bits per heavy atom. The predicted molar refractivity (Wildman–Crippen MR) is 144 cm³/mol. The van der Waals surface area contributed by atoms with Gasteiger partial charge >= 0.3 is 5.97 Å². The number of nitrogens with one attached hydrogen (secondary N) is 1. The third-order valence-corrected chi connectivity index (χ3v) is 8.96. The Morgan fingerprint density at radius 1 is 1.00 bits per heavy atom. The van der Waals surface area contributed by atoms with Gasteiger partial charge in [-0.05, 0) is 59.5 Å². The molecular weight excluding hydrogens is 548 g/mol. The molecule has 192 valence electrons. The summed E-state index contributed by atoms with van der Waals surface area (Å²) in [6.45, 7) is 0.0122. The number of carbonyl (C=O) groups is 3. The molecular formula is C27H19ClN2O6S2. The molecule has 8 nitrogen and oxygen atoms in total. The summed E-state index contributed by atoms with van der Waals surface area (Å²) in [4.78, 5) is 40.3. The number of thiophene rings is 1. The zero-order valence-corrected chi connectivity index (χ0v) is 22.2. The smallest absolute Gasteiger partial charge is 0.350 e. The lowest BCUT2D eigenvalue weighted by Gasteiger charge is -2.23. The van der Waals surface area contributed by atoms with Crippen molar-refractivity contribution in [2.45, 2.75) is 16.3 Å². The highest BCUT2D eigenvalue weighted by molar-refractivity contribution is 7.91. The van der Waals surface area contributed by atoms with E-state index in [4.69, 9.17) is 16.3 Å². The molecule has 0 bridgehead atoms. The first-order chi connectivity index (χ1) is 18.2. The summed E-state index contributed by atoms with van der Waals surface area (Å²) in [7, 11) is -2.86. The fourth-order valence-corrected chi connectivity index (χ4v) is 6.79. The van der Waals surface area contributed by atoms with Crippen LogP contribution in [-0.4, -0.2) is 33.3 Å². The molecule has 0 saturated heterocycles. The second-order valence-corrected chi connectivity index (χ2v) is 11.6. The maximum absolute atomic E-state index is 13.7. The van der Waals surface area contributed by atoms with Crippen LogP contribution in [0.3, 0.4) is 0 Å². The molecule has 0 spiro atoms. The van der Waals surface area contributed by atoms with Gasteiger partial charge in [-0.2, -0.15) is 0 Å². The third-order valence-electron chi connectivity index (χ3n) is 5.97. The molecule has 38 heavy (non-hydrogen) atoms. The number of nitrogens with zero attached hydrogens (tertiary/aromatic N) is 1. The molecule has 2 amide bonds. The molecule has 2 heterocycles. The average Bonchev–Trinajstić information content (AvgIpc) is 3.36. The van der Waals surface area contributed by atoms with Gasteiger partial charge in [0.1, 0.15) is 4.88 Å². The average molecular weight is 567 g/mol. The van der Waals surface area contributed by atoms with Crippen LogP contribution in [-0.2, 0) is 21.1 Å². The quantitative estimate of drug-likeness (QED) is 0.322. The van der Waals surface area contributed by atoms with E-state index in [-0.39, 0.29) is 43.7 Å². The third kappa shape index (κ3) is 4.58. The van der Waals surface area contributed by atoms with E-state index >= 15 is 0 Å². The number of carbonyl (C=O) groups excluding carboxylic acids is 3. The number of esters is 1. The number of halogens is 1. The van der Waals surface area contributed by atoms with Crippen LogP contribution in [0.1, 0.15) is 36.0 Å². The Hall–Kier alpha value is -3.99. The molecule has 1 aliphatic rings. The lowest BCUT2D eigenvalue weighted by atomic mass is 10.1. The number of hydrogen-bond acceptors (Lipinski definition) is 7. The molecule has 5 rings (SSSR count). The number of methoxy groups -OCH3 is 1. The van der Waals surface area contributed by atoms with Crippen LogP contribution in [0.2, 0.25) is 5.02 Å².